The molecule has 6 nitrogen and oxygen atoms in total. The van der Waals surface area contributed by atoms with Gasteiger partial charge in [-0.2, -0.15) is 0 Å². The zero-order valence-corrected chi connectivity index (χ0v) is 17.9. The van der Waals surface area contributed by atoms with Crippen LogP contribution in [0, 0.1) is 5.82 Å². The number of allylic oxidation sites excluding steroid dienone is 1. The largest absolute Gasteiger partial charge is 0.351 e. The lowest BCUT2D eigenvalue weighted by Gasteiger charge is -2.32. The van der Waals surface area contributed by atoms with Crippen molar-refractivity contribution in [1.82, 2.24) is 5.32 Å². The van der Waals surface area contributed by atoms with Gasteiger partial charge in [0.15, 0.2) is 12.6 Å². The minimum absolute atomic E-state index is 0.0668. The van der Waals surface area contributed by atoms with Gasteiger partial charge in [-0.1, -0.05) is 11.6 Å². The molecular weight excluding hydrogens is 383 g/mol. The van der Waals surface area contributed by atoms with Crippen LogP contribution in [0.4, 0.5) is 10.1 Å². The maximum absolute atomic E-state index is 13.0. The summed E-state index contributed by atoms with van der Waals surface area (Å²) < 4.78 is 13.0. The molecular formula is C23H35FN4O2+2. The first-order chi connectivity index (χ1) is 14.5. The third kappa shape index (κ3) is 6.92. The van der Waals surface area contributed by atoms with Gasteiger partial charge in [0.1, 0.15) is 32.0 Å². The molecule has 0 unspecified atom stereocenters. The highest BCUT2D eigenvalue weighted by Crippen LogP contribution is 2.19. The first-order valence-electron chi connectivity index (χ1n) is 11.2. The lowest BCUT2D eigenvalue weighted by molar-refractivity contribution is -1.01. The van der Waals surface area contributed by atoms with E-state index in [0.717, 1.165) is 39.1 Å². The minimum Gasteiger partial charge on any atom is -0.351 e. The molecule has 1 aromatic carbocycles. The molecule has 0 saturated carbocycles. The normalized spacial score (nSPS) is 22.7. The molecule has 1 aliphatic heterocycles. The highest BCUT2D eigenvalue weighted by Gasteiger charge is 2.31. The summed E-state index contributed by atoms with van der Waals surface area (Å²) in [6.07, 6.45) is 8.22. The maximum Gasteiger partial charge on any atom is 0.279 e. The molecule has 1 aromatic rings. The van der Waals surface area contributed by atoms with E-state index in [4.69, 9.17) is 0 Å². The summed E-state index contributed by atoms with van der Waals surface area (Å²) in [5, 5.41) is 5.92. The quantitative estimate of drug-likeness (QED) is 0.447. The molecule has 4 N–H and O–H groups in total. The first-order valence-corrected chi connectivity index (χ1v) is 11.2. The van der Waals surface area contributed by atoms with Gasteiger partial charge in [0.25, 0.3) is 11.8 Å². The molecule has 164 valence electrons. The molecule has 0 spiro atoms. The number of hydrogen-bond acceptors (Lipinski definition) is 2. The molecule has 0 aromatic heterocycles. The number of hydrogen-bond donors (Lipinski definition) is 4. The lowest BCUT2D eigenvalue weighted by atomic mass is 9.97. The van der Waals surface area contributed by atoms with Crippen LogP contribution >= 0.6 is 0 Å². The number of anilines is 1. The molecule has 2 amide bonds. The van der Waals surface area contributed by atoms with Crippen molar-refractivity contribution in [2.75, 3.05) is 44.6 Å². The van der Waals surface area contributed by atoms with Crippen LogP contribution in [0.2, 0.25) is 0 Å². The highest BCUT2D eigenvalue weighted by molar-refractivity contribution is 5.91. The molecule has 3 rings (SSSR count). The van der Waals surface area contributed by atoms with Gasteiger partial charge in [0.05, 0.1) is 0 Å². The van der Waals surface area contributed by atoms with Crippen LogP contribution in [0.25, 0.3) is 0 Å². The fourth-order valence-corrected chi connectivity index (χ4v) is 4.32. The van der Waals surface area contributed by atoms with Crippen LogP contribution in [-0.2, 0) is 9.59 Å². The second-order valence-electron chi connectivity index (χ2n) is 8.51. The minimum atomic E-state index is -0.318. The predicted molar refractivity (Wildman–Crippen MR) is 115 cm³/mol. The third-order valence-electron chi connectivity index (χ3n) is 6.27. The number of carbonyl (C=O) groups is 2. The standard InChI is InChI=1S/C23H33FN4O2/c1-18(23(30)25-12-11-19-5-3-2-4-6-19)28-15-13-27(14-16-28)17-22(29)26-21-9-7-20(24)8-10-21/h5,7-10,18H,2-4,6,11-17H2,1H3,(H,25,30)(H,26,29)/p+2/t18-/m0/s1. The number of nitrogens with one attached hydrogen (secondary N) is 4. The Bertz CT molecular complexity index is 742. The summed E-state index contributed by atoms with van der Waals surface area (Å²) >= 11 is 0. The van der Waals surface area contributed by atoms with Gasteiger partial charge in [-0.05, 0) is 63.3 Å². The number of halogens is 1. The zero-order valence-electron chi connectivity index (χ0n) is 17.9. The Kier molecular flexibility index (Phi) is 8.39. The van der Waals surface area contributed by atoms with Crippen molar-refractivity contribution in [3.05, 3.63) is 41.7 Å². The van der Waals surface area contributed by atoms with Crippen molar-refractivity contribution < 1.29 is 23.8 Å². The maximum atomic E-state index is 13.0. The molecule has 1 aliphatic carbocycles. The van der Waals surface area contributed by atoms with Gasteiger partial charge in [-0.15, -0.1) is 0 Å². The zero-order chi connectivity index (χ0) is 21.3. The molecule has 1 atom stereocenters. The van der Waals surface area contributed by atoms with E-state index in [1.807, 2.05) is 6.92 Å². The van der Waals surface area contributed by atoms with E-state index < -0.39 is 0 Å². The van der Waals surface area contributed by atoms with Gasteiger partial charge in [0.2, 0.25) is 0 Å². The number of rotatable bonds is 8. The van der Waals surface area contributed by atoms with Gasteiger partial charge in [-0.3, -0.25) is 9.59 Å². The number of amides is 2. The van der Waals surface area contributed by atoms with E-state index in [2.05, 4.69) is 16.7 Å². The average Bonchev–Trinajstić information content (AvgIpc) is 2.76. The molecule has 0 bridgehead atoms. The van der Waals surface area contributed by atoms with Crippen molar-refractivity contribution in [2.24, 2.45) is 0 Å². The fourth-order valence-electron chi connectivity index (χ4n) is 4.32. The average molecular weight is 419 g/mol. The molecule has 1 fully saturated rings. The van der Waals surface area contributed by atoms with Crippen LogP contribution in [0.5, 0.6) is 0 Å². The Morgan fingerprint density at radius 2 is 1.83 bits per heavy atom. The molecule has 7 heteroatoms. The molecule has 1 heterocycles. The highest BCUT2D eigenvalue weighted by atomic mass is 19.1. The summed E-state index contributed by atoms with van der Waals surface area (Å²) in [6.45, 7) is 6.57. The van der Waals surface area contributed by atoms with Crippen LogP contribution in [0.3, 0.4) is 0 Å². The predicted octanol–water partition coefficient (Wildman–Crippen LogP) is -0.0572. The summed E-state index contributed by atoms with van der Waals surface area (Å²) in [6, 6.07) is 5.73. The smallest absolute Gasteiger partial charge is 0.279 e. The van der Waals surface area contributed by atoms with Crippen LogP contribution in [-0.4, -0.2) is 57.1 Å². The van der Waals surface area contributed by atoms with Gasteiger partial charge in [-0.25, -0.2) is 4.39 Å². The number of benzene rings is 1. The summed E-state index contributed by atoms with van der Waals surface area (Å²) in [4.78, 5) is 27.3. The second-order valence-corrected chi connectivity index (χ2v) is 8.51. The summed E-state index contributed by atoms with van der Waals surface area (Å²) in [5.74, 6) is -0.260. The number of carbonyl (C=O) groups excluding carboxylic acids is 2. The SMILES string of the molecule is C[C@@H](C(=O)NCCC1=CCCCC1)[NH+]1CC[NH+](CC(=O)Nc2ccc(F)cc2)CC1. The summed E-state index contributed by atoms with van der Waals surface area (Å²) in [5.41, 5.74) is 2.09. The Hall–Kier alpha value is -2.25. The van der Waals surface area contributed by atoms with E-state index >= 15 is 0 Å². The van der Waals surface area contributed by atoms with E-state index in [0.29, 0.717) is 12.2 Å². The molecule has 2 aliphatic rings. The van der Waals surface area contributed by atoms with Crippen molar-refractivity contribution >= 4 is 17.5 Å². The first kappa shape index (κ1) is 22.4. The van der Waals surface area contributed by atoms with Crippen molar-refractivity contribution in [3.63, 3.8) is 0 Å². The fraction of sp³-hybridized carbons (Fsp3) is 0.565. The van der Waals surface area contributed by atoms with Crippen molar-refractivity contribution in [1.29, 1.82) is 0 Å². The van der Waals surface area contributed by atoms with Gasteiger partial charge in [0, 0.05) is 12.2 Å². The van der Waals surface area contributed by atoms with Crippen LogP contribution in [0.1, 0.15) is 39.0 Å². The van der Waals surface area contributed by atoms with E-state index in [1.54, 1.807) is 12.1 Å². The van der Waals surface area contributed by atoms with Gasteiger partial charge < -0.3 is 20.4 Å². The Morgan fingerprint density at radius 1 is 1.10 bits per heavy atom. The topological polar surface area (TPSA) is 67.1 Å². The number of piperazine rings is 1. The van der Waals surface area contributed by atoms with Gasteiger partial charge >= 0.3 is 0 Å². The van der Waals surface area contributed by atoms with E-state index in [9.17, 15) is 14.0 Å². The van der Waals surface area contributed by atoms with Crippen molar-refractivity contribution in [2.45, 2.75) is 45.1 Å². The number of quaternary nitrogens is 2. The van der Waals surface area contributed by atoms with E-state index in [-0.39, 0.29) is 23.7 Å². The second kappa shape index (κ2) is 11.2. The van der Waals surface area contributed by atoms with Crippen molar-refractivity contribution in [3.8, 4) is 0 Å². The summed E-state index contributed by atoms with van der Waals surface area (Å²) in [7, 11) is 0. The molecule has 0 radical (unpaired) electrons. The Morgan fingerprint density at radius 3 is 2.50 bits per heavy atom. The molecule has 30 heavy (non-hydrogen) atoms. The Labute approximate surface area is 178 Å². The molecule has 1 saturated heterocycles. The lowest BCUT2D eigenvalue weighted by Crippen LogP contribution is -3.30. The Balaban J connectivity index is 1.34. The third-order valence-corrected chi connectivity index (χ3v) is 6.27. The van der Waals surface area contributed by atoms with Crippen LogP contribution in [0.15, 0.2) is 35.9 Å². The van der Waals surface area contributed by atoms with Crippen LogP contribution < -0.4 is 20.4 Å². The monoisotopic (exact) mass is 418 g/mol. The van der Waals surface area contributed by atoms with E-state index in [1.165, 1.54) is 53.2 Å².